The molecule has 1 aromatic carbocycles. The molecule has 1 saturated heterocycles. The fourth-order valence-electron chi connectivity index (χ4n) is 2.37. The molecule has 0 aromatic heterocycles. The Morgan fingerprint density at radius 3 is 2.78 bits per heavy atom. The number of benzene rings is 1. The third-order valence-electron chi connectivity index (χ3n) is 3.57. The third kappa shape index (κ3) is 5.24. The predicted molar refractivity (Wildman–Crippen MR) is 86.2 cm³/mol. The highest BCUT2D eigenvalue weighted by atomic mass is 35.5. The third-order valence-corrected chi connectivity index (χ3v) is 3.88. The number of hydrogen-bond donors (Lipinski definition) is 2. The van der Waals surface area contributed by atoms with E-state index < -0.39 is 17.6 Å². The van der Waals surface area contributed by atoms with E-state index in [9.17, 15) is 18.0 Å². The largest absolute Gasteiger partial charge is 0.418 e. The van der Waals surface area contributed by atoms with E-state index in [4.69, 9.17) is 11.6 Å². The first-order valence-electron chi connectivity index (χ1n) is 6.89. The standard InChI is InChI=1S/C14H17ClF3N3O.ClH/c1-9-7-19-5-6-21(9)8-12(22)20-13-10(14(16,17)18)3-2-4-11(13)15;/h2-4,9,19H,5-8H2,1H3,(H,20,22);1H/t9-;/m0./s1. The molecule has 1 amide bonds. The molecule has 23 heavy (non-hydrogen) atoms. The smallest absolute Gasteiger partial charge is 0.323 e. The molecule has 1 aliphatic heterocycles. The first-order chi connectivity index (χ1) is 10.3. The number of alkyl halides is 3. The summed E-state index contributed by atoms with van der Waals surface area (Å²) < 4.78 is 38.9. The van der Waals surface area contributed by atoms with E-state index >= 15 is 0 Å². The average Bonchev–Trinajstić information content (AvgIpc) is 2.42. The van der Waals surface area contributed by atoms with Crippen molar-refractivity contribution in [2.24, 2.45) is 0 Å². The molecule has 0 bridgehead atoms. The van der Waals surface area contributed by atoms with E-state index in [0.29, 0.717) is 6.54 Å². The molecule has 130 valence electrons. The summed E-state index contributed by atoms with van der Waals surface area (Å²) in [7, 11) is 0. The first kappa shape index (κ1) is 20.0. The molecule has 1 heterocycles. The molecule has 1 atom stereocenters. The van der Waals surface area contributed by atoms with Gasteiger partial charge in [0.25, 0.3) is 0 Å². The van der Waals surface area contributed by atoms with Crippen molar-refractivity contribution >= 4 is 35.6 Å². The van der Waals surface area contributed by atoms with E-state index in [-0.39, 0.29) is 35.7 Å². The minimum atomic E-state index is -4.57. The number of nitrogens with one attached hydrogen (secondary N) is 2. The lowest BCUT2D eigenvalue weighted by atomic mass is 10.1. The maximum atomic E-state index is 13.0. The summed E-state index contributed by atoms with van der Waals surface area (Å²) in [5.41, 5.74) is -1.33. The number of halogens is 5. The van der Waals surface area contributed by atoms with Crippen molar-refractivity contribution in [3.63, 3.8) is 0 Å². The molecular weight excluding hydrogens is 354 g/mol. The summed E-state index contributed by atoms with van der Waals surface area (Å²) >= 11 is 5.81. The van der Waals surface area contributed by atoms with Gasteiger partial charge in [0.2, 0.25) is 5.91 Å². The lowest BCUT2D eigenvalue weighted by Crippen LogP contribution is -2.52. The summed E-state index contributed by atoms with van der Waals surface area (Å²) in [5.74, 6) is -0.507. The number of piperazine rings is 1. The zero-order valence-corrected chi connectivity index (χ0v) is 14.0. The van der Waals surface area contributed by atoms with Crippen LogP contribution in [0.15, 0.2) is 18.2 Å². The quantitative estimate of drug-likeness (QED) is 0.858. The lowest BCUT2D eigenvalue weighted by Gasteiger charge is -2.33. The Labute approximate surface area is 143 Å². The molecule has 0 unspecified atom stereocenters. The van der Waals surface area contributed by atoms with E-state index in [0.717, 1.165) is 19.2 Å². The van der Waals surface area contributed by atoms with Gasteiger partial charge < -0.3 is 10.6 Å². The Kier molecular flexibility index (Phi) is 7.13. The van der Waals surface area contributed by atoms with Crippen LogP contribution in [0.2, 0.25) is 5.02 Å². The minimum Gasteiger partial charge on any atom is -0.323 e. The fourth-order valence-corrected chi connectivity index (χ4v) is 2.59. The van der Waals surface area contributed by atoms with Crippen molar-refractivity contribution in [3.8, 4) is 0 Å². The number of rotatable bonds is 3. The van der Waals surface area contributed by atoms with Crippen LogP contribution in [0.5, 0.6) is 0 Å². The van der Waals surface area contributed by atoms with Crippen molar-refractivity contribution in [2.45, 2.75) is 19.1 Å². The van der Waals surface area contributed by atoms with Gasteiger partial charge in [0, 0.05) is 25.7 Å². The van der Waals surface area contributed by atoms with Crippen LogP contribution in [0.3, 0.4) is 0 Å². The Morgan fingerprint density at radius 2 is 2.17 bits per heavy atom. The molecule has 0 saturated carbocycles. The van der Waals surface area contributed by atoms with Gasteiger partial charge in [-0.2, -0.15) is 13.2 Å². The highest BCUT2D eigenvalue weighted by Crippen LogP contribution is 2.38. The van der Waals surface area contributed by atoms with Crippen LogP contribution in [0, 0.1) is 0 Å². The molecule has 4 nitrogen and oxygen atoms in total. The molecule has 1 aliphatic rings. The summed E-state index contributed by atoms with van der Waals surface area (Å²) in [4.78, 5) is 14.0. The van der Waals surface area contributed by atoms with Crippen molar-refractivity contribution in [1.82, 2.24) is 10.2 Å². The van der Waals surface area contributed by atoms with E-state index in [1.165, 1.54) is 12.1 Å². The number of hydrogen-bond acceptors (Lipinski definition) is 3. The molecule has 2 rings (SSSR count). The van der Waals surface area contributed by atoms with E-state index in [1.807, 2.05) is 11.8 Å². The van der Waals surface area contributed by atoms with Gasteiger partial charge >= 0.3 is 6.18 Å². The molecule has 0 radical (unpaired) electrons. The molecule has 0 aliphatic carbocycles. The van der Waals surface area contributed by atoms with Crippen molar-refractivity contribution < 1.29 is 18.0 Å². The topological polar surface area (TPSA) is 44.4 Å². The van der Waals surface area contributed by atoms with Crippen LogP contribution >= 0.6 is 24.0 Å². The summed E-state index contributed by atoms with van der Waals surface area (Å²) in [6, 6.07) is 3.57. The van der Waals surface area contributed by atoms with Crippen LogP contribution in [-0.4, -0.2) is 43.0 Å². The number of anilines is 1. The maximum absolute atomic E-state index is 13.0. The highest BCUT2D eigenvalue weighted by molar-refractivity contribution is 6.34. The lowest BCUT2D eigenvalue weighted by molar-refractivity contribution is -0.137. The second-order valence-corrected chi connectivity index (χ2v) is 5.64. The second kappa shape index (κ2) is 8.19. The van der Waals surface area contributed by atoms with Gasteiger partial charge in [-0.3, -0.25) is 9.69 Å². The SMILES string of the molecule is C[C@H]1CNCCN1CC(=O)Nc1c(Cl)cccc1C(F)(F)F.Cl. The number of carbonyl (C=O) groups is 1. The zero-order valence-electron chi connectivity index (χ0n) is 12.4. The molecule has 2 N–H and O–H groups in total. The Bertz CT molecular complexity index is 555. The summed E-state index contributed by atoms with van der Waals surface area (Å²) in [6.45, 7) is 4.15. The van der Waals surface area contributed by atoms with Crippen LogP contribution in [-0.2, 0) is 11.0 Å². The number of carbonyl (C=O) groups excluding carboxylic acids is 1. The maximum Gasteiger partial charge on any atom is 0.418 e. The van der Waals surface area contributed by atoms with Crippen molar-refractivity contribution in [3.05, 3.63) is 28.8 Å². The van der Waals surface area contributed by atoms with Crippen LogP contribution < -0.4 is 10.6 Å². The zero-order chi connectivity index (χ0) is 16.3. The number of amides is 1. The monoisotopic (exact) mass is 371 g/mol. The normalized spacial score (nSPS) is 19.1. The molecule has 1 fully saturated rings. The van der Waals surface area contributed by atoms with Crippen molar-refractivity contribution in [1.29, 1.82) is 0 Å². The van der Waals surface area contributed by atoms with Crippen LogP contribution in [0.4, 0.5) is 18.9 Å². The van der Waals surface area contributed by atoms with Gasteiger partial charge in [0.15, 0.2) is 0 Å². The van der Waals surface area contributed by atoms with Gasteiger partial charge in [-0.1, -0.05) is 17.7 Å². The Balaban J connectivity index is 0.00000264. The van der Waals surface area contributed by atoms with E-state index in [2.05, 4.69) is 10.6 Å². The summed E-state index contributed by atoms with van der Waals surface area (Å²) in [5, 5.41) is 5.35. The van der Waals surface area contributed by atoms with Crippen LogP contribution in [0.25, 0.3) is 0 Å². The number of para-hydroxylation sites is 1. The highest BCUT2D eigenvalue weighted by Gasteiger charge is 2.35. The average molecular weight is 372 g/mol. The number of nitrogens with zero attached hydrogens (tertiary/aromatic N) is 1. The second-order valence-electron chi connectivity index (χ2n) is 5.23. The van der Waals surface area contributed by atoms with E-state index in [1.54, 1.807) is 0 Å². The Hall–Kier alpha value is -1.02. The minimum absolute atomic E-state index is 0. The fraction of sp³-hybridized carbons (Fsp3) is 0.500. The molecular formula is C14H18Cl2F3N3O. The van der Waals surface area contributed by atoms with Gasteiger partial charge in [-0.05, 0) is 19.1 Å². The summed E-state index contributed by atoms with van der Waals surface area (Å²) in [6.07, 6.45) is -4.57. The first-order valence-corrected chi connectivity index (χ1v) is 7.27. The van der Waals surface area contributed by atoms with Crippen molar-refractivity contribution in [2.75, 3.05) is 31.5 Å². The Morgan fingerprint density at radius 1 is 1.48 bits per heavy atom. The van der Waals surface area contributed by atoms with Gasteiger partial charge in [-0.25, -0.2) is 0 Å². The van der Waals surface area contributed by atoms with Crippen LogP contribution in [0.1, 0.15) is 12.5 Å². The van der Waals surface area contributed by atoms with Gasteiger partial charge in [0.1, 0.15) is 0 Å². The molecule has 9 heteroatoms. The molecule has 1 aromatic rings. The van der Waals surface area contributed by atoms with Gasteiger partial charge in [0.05, 0.1) is 22.8 Å². The van der Waals surface area contributed by atoms with Gasteiger partial charge in [-0.15, -0.1) is 12.4 Å². The predicted octanol–water partition coefficient (Wildman–Crippen LogP) is 3.01. The molecule has 0 spiro atoms.